The summed E-state index contributed by atoms with van der Waals surface area (Å²) in [6, 6.07) is 8.44. The van der Waals surface area contributed by atoms with Crippen LogP contribution < -0.4 is 5.32 Å². The number of aromatic nitrogens is 2. The third-order valence-electron chi connectivity index (χ3n) is 4.92. The van der Waals surface area contributed by atoms with E-state index in [2.05, 4.69) is 15.3 Å². The highest BCUT2D eigenvalue weighted by Gasteiger charge is 2.50. The van der Waals surface area contributed by atoms with E-state index in [0.29, 0.717) is 0 Å². The molecule has 2 bridgehead atoms. The Balaban J connectivity index is 1.49. The molecule has 2 saturated heterocycles. The van der Waals surface area contributed by atoms with Crippen molar-refractivity contribution in [2.75, 3.05) is 5.32 Å². The van der Waals surface area contributed by atoms with Crippen LogP contribution in [0.2, 0.25) is 0 Å². The maximum atomic E-state index is 12.5. The first-order valence-electron chi connectivity index (χ1n) is 8.90. The van der Waals surface area contributed by atoms with Gasteiger partial charge >= 0.3 is 6.09 Å². The van der Waals surface area contributed by atoms with Crippen molar-refractivity contribution in [2.24, 2.45) is 0 Å². The van der Waals surface area contributed by atoms with Crippen LogP contribution in [0.25, 0.3) is 11.0 Å². The zero-order valence-electron chi connectivity index (χ0n) is 14.9. The van der Waals surface area contributed by atoms with Gasteiger partial charge in [0.05, 0.1) is 29.3 Å². The van der Waals surface area contributed by atoms with Gasteiger partial charge in [-0.1, -0.05) is 12.1 Å². The molecule has 0 aliphatic carbocycles. The predicted octanol–water partition coefficient (Wildman–Crippen LogP) is 3.58. The molecule has 0 saturated carbocycles. The Hall–Kier alpha value is -2.37. The van der Waals surface area contributed by atoms with Gasteiger partial charge in [-0.15, -0.1) is 0 Å². The summed E-state index contributed by atoms with van der Waals surface area (Å²) >= 11 is 0. The molecule has 1 amide bonds. The molecule has 2 fully saturated rings. The molecular weight excluding hydrogens is 316 g/mol. The lowest BCUT2D eigenvalue weighted by Crippen LogP contribution is -2.42. The Bertz CT molecular complexity index is 801. The first kappa shape index (κ1) is 16.1. The van der Waals surface area contributed by atoms with Crippen LogP contribution in [0.3, 0.4) is 0 Å². The van der Waals surface area contributed by atoms with Gasteiger partial charge < -0.3 is 15.0 Å². The first-order chi connectivity index (χ1) is 11.9. The number of ether oxygens (including phenoxy) is 1. The summed E-state index contributed by atoms with van der Waals surface area (Å²) in [5.74, 6) is 0.764. The zero-order valence-corrected chi connectivity index (χ0v) is 14.9. The summed E-state index contributed by atoms with van der Waals surface area (Å²) in [4.78, 5) is 23.6. The highest BCUT2D eigenvalue weighted by atomic mass is 16.6. The Morgan fingerprint density at radius 2 is 2.00 bits per heavy atom. The Morgan fingerprint density at radius 1 is 1.24 bits per heavy atom. The number of benzene rings is 1. The molecule has 1 aromatic carbocycles. The molecule has 3 unspecified atom stereocenters. The van der Waals surface area contributed by atoms with E-state index in [-0.39, 0.29) is 24.2 Å². The highest BCUT2D eigenvalue weighted by Crippen LogP contribution is 2.39. The quantitative estimate of drug-likeness (QED) is 0.905. The van der Waals surface area contributed by atoms with Crippen molar-refractivity contribution in [2.45, 2.75) is 63.8 Å². The van der Waals surface area contributed by atoms with Crippen LogP contribution in [-0.4, -0.2) is 44.7 Å². The molecule has 2 aliphatic rings. The monoisotopic (exact) mass is 340 g/mol. The van der Waals surface area contributed by atoms with Crippen molar-refractivity contribution in [3.63, 3.8) is 0 Å². The average molecular weight is 340 g/mol. The van der Waals surface area contributed by atoms with E-state index in [1.54, 1.807) is 6.20 Å². The molecule has 2 aromatic rings. The van der Waals surface area contributed by atoms with Crippen LogP contribution in [0, 0.1) is 0 Å². The van der Waals surface area contributed by atoms with Crippen molar-refractivity contribution < 1.29 is 9.53 Å². The average Bonchev–Trinajstić information content (AvgIpc) is 3.11. The minimum Gasteiger partial charge on any atom is -0.444 e. The lowest BCUT2D eigenvalue weighted by Gasteiger charge is -2.28. The standard InChI is InChI=1S/C19H24N4O2/c1-19(2,3)25-18(24)23-12-8-9-16(23)15(10-12)22-17-11-20-13-6-4-5-7-14(13)21-17/h4-7,11-12,15-16H,8-10H2,1-3H3,(H,21,22). The molecule has 6 heteroatoms. The number of rotatable bonds is 2. The molecule has 132 valence electrons. The summed E-state index contributed by atoms with van der Waals surface area (Å²) in [5.41, 5.74) is 1.29. The zero-order chi connectivity index (χ0) is 17.6. The van der Waals surface area contributed by atoms with Crippen LogP contribution >= 0.6 is 0 Å². The van der Waals surface area contributed by atoms with Crippen molar-refractivity contribution in [1.82, 2.24) is 14.9 Å². The second kappa shape index (κ2) is 5.86. The van der Waals surface area contributed by atoms with Crippen molar-refractivity contribution in [3.8, 4) is 0 Å². The SMILES string of the molecule is CC(C)(C)OC(=O)N1C2CCC1C(Nc1cnc3ccccc3n1)C2. The van der Waals surface area contributed by atoms with Gasteiger partial charge in [-0.3, -0.25) is 4.98 Å². The third-order valence-corrected chi connectivity index (χ3v) is 4.92. The molecule has 2 aliphatic heterocycles. The normalized spacial score (nSPS) is 25.4. The highest BCUT2D eigenvalue weighted by molar-refractivity contribution is 5.75. The summed E-state index contributed by atoms with van der Waals surface area (Å²) in [6.07, 6.45) is 4.55. The number of carbonyl (C=O) groups excluding carboxylic acids is 1. The van der Waals surface area contributed by atoms with Gasteiger partial charge in [-0.25, -0.2) is 9.78 Å². The maximum Gasteiger partial charge on any atom is 0.410 e. The second-order valence-corrected chi connectivity index (χ2v) is 7.92. The second-order valence-electron chi connectivity index (χ2n) is 7.92. The molecule has 6 nitrogen and oxygen atoms in total. The molecular formula is C19H24N4O2. The van der Waals surface area contributed by atoms with Crippen LogP contribution in [0.15, 0.2) is 30.5 Å². The van der Waals surface area contributed by atoms with Gasteiger partial charge in [0.1, 0.15) is 11.4 Å². The van der Waals surface area contributed by atoms with Gasteiger partial charge in [0.25, 0.3) is 0 Å². The number of para-hydroxylation sites is 2. The van der Waals surface area contributed by atoms with Crippen LogP contribution in [-0.2, 0) is 4.74 Å². The lowest BCUT2D eigenvalue weighted by molar-refractivity contribution is 0.0214. The molecule has 0 spiro atoms. The summed E-state index contributed by atoms with van der Waals surface area (Å²) in [5, 5.41) is 3.49. The van der Waals surface area contributed by atoms with Gasteiger partial charge in [0.15, 0.2) is 0 Å². The number of anilines is 1. The van der Waals surface area contributed by atoms with E-state index in [0.717, 1.165) is 36.1 Å². The summed E-state index contributed by atoms with van der Waals surface area (Å²) < 4.78 is 5.59. The van der Waals surface area contributed by atoms with Crippen molar-refractivity contribution in [1.29, 1.82) is 0 Å². The number of carbonyl (C=O) groups is 1. The Kier molecular flexibility index (Phi) is 3.78. The number of nitrogens with one attached hydrogen (secondary N) is 1. The molecule has 4 rings (SSSR count). The number of hydrogen-bond acceptors (Lipinski definition) is 5. The number of amides is 1. The van der Waals surface area contributed by atoms with Gasteiger partial charge in [0.2, 0.25) is 0 Å². The van der Waals surface area contributed by atoms with Gasteiger partial charge in [-0.05, 0) is 52.2 Å². The first-order valence-corrected chi connectivity index (χ1v) is 8.90. The minimum absolute atomic E-state index is 0.160. The third kappa shape index (κ3) is 3.13. The molecule has 1 N–H and O–H groups in total. The number of nitrogens with zero attached hydrogens (tertiary/aromatic N) is 3. The number of hydrogen-bond donors (Lipinski definition) is 1. The van der Waals surface area contributed by atoms with E-state index in [1.165, 1.54) is 0 Å². The van der Waals surface area contributed by atoms with E-state index in [9.17, 15) is 4.79 Å². The Morgan fingerprint density at radius 3 is 2.76 bits per heavy atom. The van der Waals surface area contributed by atoms with Crippen molar-refractivity contribution >= 4 is 22.9 Å². The molecule has 25 heavy (non-hydrogen) atoms. The van der Waals surface area contributed by atoms with Gasteiger partial charge in [-0.2, -0.15) is 0 Å². The fraction of sp³-hybridized carbons (Fsp3) is 0.526. The molecule has 3 heterocycles. The summed E-state index contributed by atoms with van der Waals surface area (Å²) in [7, 11) is 0. The van der Waals surface area contributed by atoms with Gasteiger partial charge in [0, 0.05) is 6.04 Å². The number of fused-ring (bicyclic) bond motifs is 3. The maximum absolute atomic E-state index is 12.5. The van der Waals surface area contributed by atoms with Crippen molar-refractivity contribution in [3.05, 3.63) is 30.5 Å². The fourth-order valence-corrected chi connectivity index (χ4v) is 3.96. The summed E-state index contributed by atoms with van der Waals surface area (Å²) in [6.45, 7) is 5.72. The van der Waals surface area contributed by atoms with E-state index in [1.807, 2.05) is 49.9 Å². The Labute approximate surface area is 147 Å². The van der Waals surface area contributed by atoms with E-state index < -0.39 is 5.60 Å². The smallest absolute Gasteiger partial charge is 0.410 e. The molecule has 0 radical (unpaired) electrons. The van der Waals surface area contributed by atoms with Crippen LogP contribution in [0.5, 0.6) is 0 Å². The molecule has 3 atom stereocenters. The van der Waals surface area contributed by atoms with Crippen LogP contribution in [0.4, 0.5) is 10.6 Å². The minimum atomic E-state index is -0.466. The largest absolute Gasteiger partial charge is 0.444 e. The lowest BCUT2D eigenvalue weighted by atomic mass is 9.95. The van der Waals surface area contributed by atoms with Crippen LogP contribution in [0.1, 0.15) is 40.0 Å². The molecule has 1 aromatic heterocycles. The predicted molar refractivity (Wildman–Crippen MR) is 96.4 cm³/mol. The fourth-order valence-electron chi connectivity index (χ4n) is 3.96. The van der Waals surface area contributed by atoms with E-state index >= 15 is 0 Å². The van der Waals surface area contributed by atoms with E-state index in [4.69, 9.17) is 4.74 Å². The topological polar surface area (TPSA) is 67.3 Å².